The average molecular weight is 343 g/mol. The van der Waals surface area contributed by atoms with E-state index in [0.29, 0.717) is 16.3 Å². The van der Waals surface area contributed by atoms with Crippen LogP contribution in [0, 0.1) is 6.92 Å². The van der Waals surface area contributed by atoms with E-state index >= 15 is 0 Å². The number of halogens is 1. The molecule has 3 rings (SSSR count). The van der Waals surface area contributed by atoms with Crippen LogP contribution in [0.5, 0.6) is 0 Å². The zero-order chi connectivity index (χ0) is 17.1. The molecule has 0 atom stereocenters. The standard InChI is InChI=1S/C18H15ClN2O3/c1-11-6-7-13(19)9-14(11)21-17(22)10-20-18(23)16-8-12-4-2-3-5-15(12)24-16/h2-9H,10H2,1H3,(H,20,23)(H,21,22). The van der Waals surface area contributed by atoms with Crippen LogP contribution in [0.25, 0.3) is 11.0 Å². The van der Waals surface area contributed by atoms with Gasteiger partial charge in [0.1, 0.15) is 5.58 Å². The van der Waals surface area contributed by atoms with Crippen LogP contribution >= 0.6 is 11.6 Å². The predicted octanol–water partition coefficient (Wildman–Crippen LogP) is 3.76. The van der Waals surface area contributed by atoms with Gasteiger partial charge in [0.2, 0.25) is 5.91 Å². The fourth-order valence-corrected chi connectivity index (χ4v) is 2.44. The van der Waals surface area contributed by atoms with Crippen LogP contribution in [-0.4, -0.2) is 18.4 Å². The molecular formula is C18H15ClN2O3. The van der Waals surface area contributed by atoms with Crippen LogP contribution in [0.1, 0.15) is 16.1 Å². The quantitative estimate of drug-likeness (QED) is 0.758. The Balaban J connectivity index is 1.61. The Morgan fingerprint density at radius 3 is 2.71 bits per heavy atom. The SMILES string of the molecule is Cc1ccc(Cl)cc1NC(=O)CNC(=O)c1cc2ccccc2o1. The number of carbonyl (C=O) groups is 2. The topological polar surface area (TPSA) is 71.3 Å². The van der Waals surface area contributed by atoms with Gasteiger partial charge < -0.3 is 15.1 Å². The first kappa shape index (κ1) is 16.1. The maximum atomic E-state index is 12.1. The van der Waals surface area contributed by atoms with Crippen molar-refractivity contribution in [1.82, 2.24) is 5.32 Å². The van der Waals surface area contributed by atoms with E-state index in [1.807, 2.05) is 31.2 Å². The fourth-order valence-electron chi connectivity index (χ4n) is 2.26. The third kappa shape index (κ3) is 3.58. The number of carbonyl (C=O) groups excluding carboxylic acids is 2. The second-order valence-electron chi connectivity index (χ2n) is 5.34. The van der Waals surface area contributed by atoms with Crippen molar-refractivity contribution in [2.45, 2.75) is 6.92 Å². The lowest BCUT2D eigenvalue weighted by molar-refractivity contribution is -0.115. The Labute approximate surface area is 143 Å². The van der Waals surface area contributed by atoms with Crippen molar-refractivity contribution in [1.29, 1.82) is 0 Å². The average Bonchev–Trinajstić information content (AvgIpc) is 3.00. The van der Waals surface area contributed by atoms with E-state index in [1.54, 1.807) is 24.3 Å². The van der Waals surface area contributed by atoms with Crippen molar-refractivity contribution in [3.8, 4) is 0 Å². The van der Waals surface area contributed by atoms with Crippen molar-refractivity contribution < 1.29 is 14.0 Å². The van der Waals surface area contributed by atoms with Crippen molar-refractivity contribution in [2.75, 3.05) is 11.9 Å². The largest absolute Gasteiger partial charge is 0.451 e. The molecule has 1 heterocycles. The van der Waals surface area contributed by atoms with Gasteiger partial charge in [-0.1, -0.05) is 35.9 Å². The number of furan rings is 1. The number of fused-ring (bicyclic) bond motifs is 1. The van der Waals surface area contributed by atoms with Gasteiger partial charge in [-0.2, -0.15) is 0 Å². The summed E-state index contributed by atoms with van der Waals surface area (Å²) < 4.78 is 5.45. The van der Waals surface area contributed by atoms with E-state index in [0.717, 1.165) is 10.9 Å². The zero-order valence-electron chi connectivity index (χ0n) is 12.9. The lowest BCUT2D eigenvalue weighted by Crippen LogP contribution is -2.32. The molecule has 0 bridgehead atoms. The molecule has 1 aromatic heterocycles. The highest BCUT2D eigenvalue weighted by atomic mass is 35.5. The highest BCUT2D eigenvalue weighted by molar-refractivity contribution is 6.31. The molecule has 2 N–H and O–H groups in total. The highest BCUT2D eigenvalue weighted by Crippen LogP contribution is 2.20. The lowest BCUT2D eigenvalue weighted by atomic mass is 10.2. The Morgan fingerprint density at radius 1 is 1.12 bits per heavy atom. The van der Waals surface area contributed by atoms with Gasteiger partial charge in [-0.15, -0.1) is 0 Å². The van der Waals surface area contributed by atoms with Crippen molar-refractivity contribution in [2.24, 2.45) is 0 Å². The summed E-state index contributed by atoms with van der Waals surface area (Å²) in [5.74, 6) is -0.614. The first-order valence-corrected chi connectivity index (χ1v) is 7.73. The second kappa shape index (κ2) is 6.76. The van der Waals surface area contributed by atoms with Gasteiger partial charge in [0.25, 0.3) is 5.91 Å². The van der Waals surface area contributed by atoms with E-state index in [2.05, 4.69) is 10.6 Å². The fraction of sp³-hybridized carbons (Fsp3) is 0.111. The number of para-hydroxylation sites is 1. The predicted molar refractivity (Wildman–Crippen MR) is 93.4 cm³/mol. The summed E-state index contributed by atoms with van der Waals surface area (Å²) in [5.41, 5.74) is 2.13. The van der Waals surface area contributed by atoms with Crippen molar-refractivity contribution >= 4 is 40.1 Å². The third-order valence-corrected chi connectivity index (χ3v) is 3.77. The summed E-state index contributed by atoms with van der Waals surface area (Å²) in [4.78, 5) is 24.1. The molecule has 0 saturated carbocycles. The first-order valence-electron chi connectivity index (χ1n) is 7.36. The van der Waals surface area contributed by atoms with Gasteiger partial charge in [-0.25, -0.2) is 0 Å². The van der Waals surface area contributed by atoms with E-state index in [9.17, 15) is 9.59 Å². The lowest BCUT2D eigenvalue weighted by Gasteiger charge is -2.09. The van der Waals surface area contributed by atoms with Gasteiger partial charge in [-0.3, -0.25) is 9.59 Å². The smallest absolute Gasteiger partial charge is 0.287 e. The summed E-state index contributed by atoms with van der Waals surface area (Å²) >= 11 is 5.91. The van der Waals surface area contributed by atoms with Crippen LogP contribution in [0.3, 0.4) is 0 Å². The third-order valence-electron chi connectivity index (χ3n) is 3.53. The molecule has 2 amide bonds. The molecule has 0 aliphatic heterocycles. The molecular weight excluding hydrogens is 328 g/mol. The Bertz CT molecular complexity index is 885. The van der Waals surface area contributed by atoms with Crippen LogP contribution in [-0.2, 0) is 4.79 Å². The summed E-state index contributed by atoms with van der Waals surface area (Å²) in [6.07, 6.45) is 0. The molecule has 3 aromatic rings. The van der Waals surface area contributed by atoms with E-state index in [1.165, 1.54) is 0 Å². The zero-order valence-corrected chi connectivity index (χ0v) is 13.7. The van der Waals surface area contributed by atoms with Gasteiger partial charge >= 0.3 is 0 Å². The Morgan fingerprint density at radius 2 is 1.92 bits per heavy atom. The van der Waals surface area contributed by atoms with Crippen LogP contribution in [0.15, 0.2) is 52.9 Å². The van der Waals surface area contributed by atoms with Gasteiger partial charge in [-0.05, 0) is 36.8 Å². The van der Waals surface area contributed by atoms with Crippen LogP contribution in [0.2, 0.25) is 5.02 Å². The number of hydrogen-bond donors (Lipinski definition) is 2. The minimum absolute atomic E-state index is 0.165. The molecule has 122 valence electrons. The molecule has 0 aliphatic carbocycles. The van der Waals surface area contributed by atoms with Gasteiger partial charge in [0.05, 0.1) is 6.54 Å². The number of hydrogen-bond acceptors (Lipinski definition) is 3. The second-order valence-corrected chi connectivity index (χ2v) is 5.78. The molecule has 0 unspecified atom stereocenters. The van der Waals surface area contributed by atoms with E-state index in [-0.39, 0.29) is 18.2 Å². The molecule has 0 aliphatic rings. The number of rotatable bonds is 4. The van der Waals surface area contributed by atoms with Crippen molar-refractivity contribution in [3.05, 3.63) is 64.9 Å². The molecule has 0 saturated heterocycles. The van der Waals surface area contributed by atoms with Gasteiger partial charge in [0.15, 0.2) is 5.76 Å². The minimum atomic E-state index is -0.441. The number of nitrogens with one attached hydrogen (secondary N) is 2. The Kier molecular flexibility index (Phi) is 4.53. The molecule has 6 heteroatoms. The van der Waals surface area contributed by atoms with E-state index in [4.69, 9.17) is 16.0 Å². The summed E-state index contributed by atoms with van der Waals surface area (Å²) in [5, 5.41) is 6.62. The number of amides is 2. The molecule has 5 nitrogen and oxygen atoms in total. The van der Waals surface area contributed by atoms with Crippen LogP contribution in [0.4, 0.5) is 5.69 Å². The number of benzene rings is 2. The van der Waals surface area contributed by atoms with Crippen LogP contribution < -0.4 is 10.6 Å². The normalized spacial score (nSPS) is 10.6. The number of aryl methyl sites for hydroxylation is 1. The highest BCUT2D eigenvalue weighted by Gasteiger charge is 2.13. The summed E-state index contributed by atoms with van der Waals surface area (Å²) in [6.45, 7) is 1.70. The maximum absolute atomic E-state index is 12.1. The van der Waals surface area contributed by atoms with Crippen molar-refractivity contribution in [3.63, 3.8) is 0 Å². The molecule has 0 radical (unpaired) electrons. The summed E-state index contributed by atoms with van der Waals surface area (Å²) in [7, 11) is 0. The molecule has 24 heavy (non-hydrogen) atoms. The Hall–Kier alpha value is -2.79. The molecule has 2 aromatic carbocycles. The van der Waals surface area contributed by atoms with Gasteiger partial charge in [0, 0.05) is 16.1 Å². The molecule has 0 spiro atoms. The first-order chi connectivity index (χ1) is 11.5. The van der Waals surface area contributed by atoms with E-state index < -0.39 is 5.91 Å². The monoisotopic (exact) mass is 342 g/mol. The number of anilines is 1. The minimum Gasteiger partial charge on any atom is -0.451 e. The molecule has 0 fully saturated rings. The maximum Gasteiger partial charge on any atom is 0.287 e. The summed E-state index contributed by atoms with van der Waals surface area (Å²) in [6, 6.07) is 14.2.